The van der Waals surface area contributed by atoms with Gasteiger partial charge in [0.2, 0.25) is 0 Å². The molecule has 3 N–H and O–H groups in total. The minimum atomic E-state index is -0.406. The Morgan fingerprint density at radius 2 is 2.25 bits per heavy atom. The van der Waals surface area contributed by atoms with Crippen molar-refractivity contribution in [2.24, 2.45) is 0 Å². The average molecular weight is 287 g/mol. The van der Waals surface area contributed by atoms with Gasteiger partial charge in [0, 0.05) is 10.7 Å². The van der Waals surface area contributed by atoms with Crippen molar-refractivity contribution in [2.45, 2.75) is 37.8 Å². The van der Waals surface area contributed by atoms with Crippen LogP contribution < -0.4 is 5.32 Å². The van der Waals surface area contributed by atoms with E-state index in [0.717, 1.165) is 30.2 Å². The first kappa shape index (κ1) is 11.7. The Morgan fingerprint density at radius 1 is 1.50 bits per heavy atom. The maximum Gasteiger partial charge on any atom is 0.268 e. The van der Waals surface area contributed by atoms with Gasteiger partial charge in [0.1, 0.15) is 5.69 Å². The summed E-state index contributed by atoms with van der Waals surface area (Å²) in [5.74, 6) is -0.156. The summed E-state index contributed by atoms with van der Waals surface area (Å²) >= 11 is 3.28. The van der Waals surface area contributed by atoms with Crippen molar-refractivity contribution >= 4 is 21.8 Å². The summed E-state index contributed by atoms with van der Waals surface area (Å²) in [5.41, 5.74) is 0.518. The zero-order chi connectivity index (χ0) is 11.5. The number of hydrogen-bond donors (Lipinski definition) is 3. The number of halogens is 1. The first-order chi connectivity index (χ1) is 7.66. The van der Waals surface area contributed by atoms with E-state index in [-0.39, 0.29) is 11.9 Å². The molecule has 1 aromatic rings. The molecule has 1 aliphatic carbocycles. The van der Waals surface area contributed by atoms with Crippen LogP contribution in [-0.4, -0.2) is 28.1 Å². The van der Waals surface area contributed by atoms with E-state index >= 15 is 0 Å². The van der Waals surface area contributed by atoms with Crippen molar-refractivity contribution in [2.75, 3.05) is 0 Å². The summed E-state index contributed by atoms with van der Waals surface area (Å²) in [5, 5.41) is 12.6. The second kappa shape index (κ2) is 5.01. The Bertz CT molecular complexity index is 378. The van der Waals surface area contributed by atoms with Crippen molar-refractivity contribution in [1.29, 1.82) is 0 Å². The van der Waals surface area contributed by atoms with E-state index in [1.165, 1.54) is 0 Å². The van der Waals surface area contributed by atoms with Crippen molar-refractivity contribution in [3.8, 4) is 0 Å². The van der Waals surface area contributed by atoms with Gasteiger partial charge in [-0.05, 0) is 34.8 Å². The van der Waals surface area contributed by atoms with Crippen molar-refractivity contribution < 1.29 is 9.90 Å². The molecule has 0 spiro atoms. The van der Waals surface area contributed by atoms with Crippen LogP contribution in [0, 0.1) is 0 Å². The van der Waals surface area contributed by atoms with Gasteiger partial charge in [-0.3, -0.25) is 4.79 Å². The van der Waals surface area contributed by atoms with Gasteiger partial charge in [0.15, 0.2) is 0 Å². The second-order valence-corrected chi connectivity index (χ2v) is 5.08. The normalized spacial score (nSPS) is 25.4. The van der Waals surface area contributed by atoms with Crippen LogP contribution in [0.1, 0.15) is 36.2 Å². The van der Waals surface area contributed by atoms with E-state index in [9.17, 15) is 9.90 Å². The average Bonchev–Trinajstić information content (AvgIpc) is 2.68. The summed E-state index contributed by atoms with van der Waals surface area (Å²) in [6.07, 6.45) is 5.05. The number of rotatable bonds is 2. The zero-order valence-electron chi connectivity index (χ0n) is 8.87. The smallest absolute Gasteiger partial charge is 0.268 e. The highest BCUT2D eigenvalue weighted by molar-refractivity contribution is 9.10. The molecule has 5 heteroatoms. The third-order valence-corrected chi connectivity index (χ3v) is 3.40. The number of H-pyrrole nitrogens is 1. The SMILES string of the molecule is O=C(N[C@@H]1CCCC[C@H]1O)c1cc(Br)c[nH]1. The zero-order valence-corrected chi connectivity index (χ0v) is 10.5. The lowest BCUT2D eigenvalue weighted by Crippen LogP contribution is -2.45. The number of nitrogens with one attached hydrogen (secondary N) is 2. The summed E-state index contributed by atoms with van der Waals surface area (Å²) < 4.78 is 0.849. The Morgan fingerprint density at radius 3 is 2.88 bits per heavy atom. The Hall–Kier alpha value is -0.810. The lowest BCUT2D eigenvalue weighted by molar-refractivity contribution is 0.0714. The third kappa shape index (κ3) is 2.65. The fourth-order valence-corrected chi connectivity index (χ4v) is 2.37. The van der Waals surface area contributed by atoms with Crippen LogP contribution in [0.2, 0.25) is 0 Å². The number of hydrogen-bond acceptors (Lipinski definition) is 2. The van der Waals surface area contributed by atoms with Gasteiger partial charge in [0.05, 0.1) is 12.1 Å². The summed E-state index contributed by atoms with van der Waals surface area (Å²) in [7, 11) is 0. The molecular formula is C11H15BrN2O2. The molecule has 1 aromatic heterocycles. The van der Waals surface area contributed by atoms with Crippen LogP contribution in [0.5, 0.6) is 0 Å². The fraction of sp³-hybridized carbons (Fsp3) is 0.545. The van der Waals surface area contributed by atoms with E-state index < -0.39 is 6.10 Å². The molecular weight excluding hydrogens is 272 g/mol. The molecule has 0 aliphatic heterocycles. The van der Waals surface area contributed by atoms with Gasteiger partial charge in [-0.1, -0.05) is 12.8 Å². The molecule has 88 valence electrons. The van der Waals surface area contributed by atoms with Gasteiger partial charge >= 0.3 is 0 Å². The molecule has 1 fully saturated rings. The van der Waals surface area contributed by atoms with Gasteiger partial charge < -0.3 is 15.4 Å². The molecule has 0 bridgehead atoms. The van der Waals surface area contributed by atoms with Crippen LogP contribution in [-0.2, 0) is 0 Å². The van der Waals surface area contributed by atoms with Crippen molar-refractivity contribution in [3.63, 3.8) is 0 Å². The molecule has 16 heavy (non-hydrogen) atoms. The maximum atomic E-state index is 11.8. The van der Waals surface area contributed by atoms with Crippen LogP contribution in [0.15, 0.2) is 16.7 Å². The summed E-state index contributed by atoms with van der Waals surface area (Å²) in [6.45, 7) is 0. The van der Waals surface area contributed by atoms with Crippen LogP contribution in [0.4, 0.5) is 0 Å². The van der Waals surface area contributed by atoms with Crippen LogP contribution in [0.3, 0.4) is 0 Å². The number of aliphatic hydroxyl groups excluding tert-OH is 1. The van der Waals surface area contributed by atoms with Crippen molar-refractivity contribution in [1.82, 2.24) is 10.3 Å². The van der Waals surface area contributed by atoms with Gasteiger partial charge in [-0.25, -0.2) is 0 Å². The molecule has 1 amide bonds. The number of carbonyl (C=O) groups is 1. The first-order valence-corrected chi connectivity index (χ1v) is 6.29. The number of carbonyl (C=O) groups excluding carboxylic acids is 1. The van der Waals surface area contributed by atoms with E-state index in [4.69, 9.17) is 0 Å². The highest BCUT2D eigenvalue weighted by Gasteiger charge is 2.25. The lowest BCUT2D eigenvalue weighted by atomic mass is 9.92. The van der Waals surface area contributed by atoms with E-state index in [1.807, 2.05) is 0 Å². The van der Waals surface area contributed by atoms with E-state index in [2.05, 4.69) is 26.2 Å². The molecule has 1 aliphatic rings. The number of aromatic nitrogens is 1. The molecule has 0 saturated heterocycles. The summed E-state index contributed by atoms with van der Waals surface area (Å²) in [6, 6.07) is 1.62. The Labute approximate surface area is 103 Å². The van der Waals surface area contributed by atoms with Crippen molar-refractivity contribution in [3.05, 3.63) is 22.4 Å². The highest BCUT2D eigenvalue weighted by Crippen LogP contribution is 2.19. The highest BCUT2D eigenvalue weighted by atomic mass is 79.9. The largest absolute Gasteiger partial charge is 0.391 e. The Balaban J connectivity index is 1.96. The first-order valence-electron chi connectivity index (χ1n) is 5.49. The van der Waals surface area contributed by atoms with Crippen LogP contribution >= 0.6 is 15.9 Å². The monoisotopic (exact) mass is 286 g/mol. The number of aromatic amines is 1. The standard InChI is InChI=1S/C11H15BrN2O2/c12-7-5-9(13-6-7)11(16)14-8-3-1-2-4-10(8)15/h5-6,8,10,13,15H,1-4H2,(H,14,16)/t8-,10-/m1/s1. The number of aliphatic hydroxyl groups is 1. The van der Waals surface area contributed by atoms with Gasteiger partial charge in [-0.2, -0.15) is 0 Å². The molecule has 2 atom stereocenters. The molecule has 4 nitrogen and oxygen atoms in total. The predicted octanol–water partition coefficient (Wildman–Crippen LogP) is 1.81. The van der Waals surface area contributed by atoms with Gasteiger partial charge in [-0.15, -0.1) is 0 Å². The minimum absolute atomic E-state index is 0.108. The van der Waals surface area contributed by atoms with E-state index in [1.54, 1.807) is 12.3 Å². The van der Waals surface area contributed by atoms with Crippen LogP contribution in [0.25, 0.3) is 0 Å². The fourth-order valence-electron chi connectivity index (χ4n) is 2.02. The molecule has 0 aromatic carbocycles. The molecule has 0 radical (unpaired) electrons. The minimum Gasteiger partial charge on any atom is -0.391 e. The summed E-state index contributed by atoms with van der Waals surface area (Å²) in [4.78, 5) is 14.7. The maximum absolute atomic E-state index is 11.8. The van der Waals surface area contributed by atoms with Gasteiger partial charge in [0.25, 0.3) is 5.91 Å². The topological polar surface area (TPSA) is 65.1 Å². The lowest BCUT2D eigenvalue weighted by Gasteiger charge is -2.28. The Kier molecular flexibility index (Phi) is 3.66. The third-order valence-electron chi connectivity index (χ3n) is 2.94. The quantitative estimate of drug-likeness (QED) is 0.776. The second-order valence-electron chi connectivity index (χ2n) is 4.16. The molecule has 1 saturated carbocycles. The predicted molar refractivity (Wildman–Crippen MR) is 64.2 cm³/mol. The molecule has 0 unspecified atom stereocenters. The number of amides is 1. The molecule has 2 rings (SSSR count). The molecule has 1 heterocycles. The van der Waals surface area contributed by atoms with E-state index in [0.29, 0.717) is 5.69 Å².